The SMILES string of the molecule is CCOC(=O)C1(C2(O)CCCSC2)CCC1. The molecule has 1 atom stereocenters. The van der Waals surface area contributed by atoms with Crippen molar-refractivity contribution >= 4 is 17.7 Å². The quantitative estimate of drug-likeness (QED) is 0.771. The lowest BCUT2D eigenvalue weighted by molar-refractivity contribution is -0.187. The van der Waals surface area contributed by atoms with Gasteiger partial charge in [-0.2, -0.15) is 11.8 Å². The lowest BCUT2D eigenvalue weighted by atomic mass is 9.58. The van der Waals surface area contributed by atoms with Crippen LogP contribution in [0, 0.1) is 5.41 Å². The zero-order chi connectivity index (χ0) is 11.6. The van der Waals surface area contributed by atoms with Crippen LogP contribution in [0.15, 0.2) is 0 Å². The van der Waals surface area contributed by atoms with Gasteiger partial charge in [0.05, 0.1) is 17.6 Å². The highest BCUT2D eigenvalue weighted by Gasteiger charge is 2.60. The highest BCUT2D eigenvalue weighted by atomic mass is 32.2. The van der Waals surface area contributed by atoms with Crippen molar-refractivity contribution in [3.63, 3.8) is 0 Å². The van der Waals surface area contributed by atoms with Gasteiger partial charge in [-0.1, -0.05) is 6.42 Å². The Kier molecular flexibility index (Phi) is 3.50. The van der Waals surface area contributed by atoms with Gasteiger partial charge in [-0.05, 0) is 38.4 Å². The summed E-state index contributed by atoms with van der Waals surface area (Å²) in [6, 6.07) is 0. The standard InChI is InChI=1S/C12H20O3S/c1-2-15-10(13)11(5-3-6-11)12(14)7-4-8-16-9-12/h14H,2-9H2,1H3. The normalized spacial score (nSPS) is 32.9. The van der Waals surface area contributed by atoms with Gasteiger partial charge in [-0.3, -0.25) is 4.79 Å². The molecule has 3 nitrogen and oxygen atoms in total. The topological polar surface area (TPSA) is 46.5 Å². The second-order valence-corrected chi connectivity index (χ2v) is 5.95. The predicted molar refractivity (Wildman–Crippen MR) is 64.4 cm³/mol. The van der Waals surface area contributed by atoms with Gasteiger partial charge >= 0.3 is 5.97 Å². The van der Waals surface area contributed by atoms with E-state index < -0.39 is 11.0 Å². The number of carbonyl (C=O) groups excluding carboxylic acids is 1. The molecule has 16 heavy (non-hydrogen) atoms. The van der Waals surface area contributed by atoms with Crippen LogP contribution in [0.3, 0.4) is 0 Å². The maximum absolute atomic E-state index is 12.1. The van der Waals surface area contributed by atoms with Crippen molar-refractivity contribution in [3.8, 4) is 0 Å². The highest BCUT2D eigenvalue weighted by Crippen LogP contribution is 2.54. The summed E-state index contributed by atoms with van der Waals surface area (Å²) < 4.78 is 5.16. The van der Waals surface area contributed by atoms with Crippen LogP contribution in [0.1, 0.15) is 39.0 Å². The molecule has 1 aliphatic heterocycles. The Hall–Kier alpha value is -0.220. The molecule has 1 aliphatic carbocycles. The fourth-order valence-electron chi connectivity index (χ4n) is 2.82. The van der Waals surface area contributed by atoms with Gasteiger partial charge in [0.15, 0.2) is 0 Å². The fourth-order valence-corrected chi connectivity index (χ4v) is 4.07. The molecular formula is C12H20O3S. The molecule has 0 spiro atoms. The monoisotopic (exact) mass is 244 g/mol. The zero-order valence-corrected chi connectivity index (χ0v) is 10.6. The molecule has 1 saturated carbocycles. The molecule has 0 aromatic carbocycles. The molecule has 2 aliphatic rings. The second-order valence-electron chi connectivity index (χ2n) is 4.84. The molecule has 1 unspecified atom stereocenters. The van der Waals surface area contributed by atoms with E-state index in [4.69, 9.17) is 4.74 Å². The molecule has 0 aromatic rings. The average molecular weight is 244 g/mol. The number of rotatable bonds is 3. The van der Waals surface area contributed by atoms with Gasteiger partial charge in [0.25, 0.3) is 0 Å². The average Bonchev–Trinajstić information content (AvgIpc) is 2.16. The van der Waals surface area contributed by atoms with E-state index in [0.717, 1.165) is 37.9 Å². The molecular weight excluding hydrogens is 224 g/mol. The van der Waals surface area contributed by atoms with E-state index in [9.17, 15) is 9.90 Å². The van der Waals surface area contributed by atoms with Crippen LogP contribution in [0.4, 0.5) is 0 Å². The van der Waals surface area contributed by atoms with E-state index in [1.807, 2.05) is 6.92 Å². The molecule has 2 rings (SSSR count). The Morgan fingerprint density at radius 1 is 1.38 bits per heavy atom. The Morgan fingerprint density at radius 2 is 2.12 bits per heavy atom. The summed E-state index contributed by atoms with van der Waals surface area (Å²) in [5.74, 6) is 1.61. The van der Waals surface area contributed by atoms with Crippen LogP contribution in [-0.2, 0) is 9.53 Å². The lowest BCUT2D eigenvalue weighted by Gasteiger charge is -2.52. The molecule has 1 saturated heterocycles. The minimum absolute atomic E-state index is 0.175. The van der Waals surface area contributed by atoms with Gasteiger partial charge in [-0.25, -0.2) is 0 Å². The number of ether oxygens (including phenoxy) is 1. The smallest absolute Gasteiger partial charge is 0.315 e. The van der Waals surface area contributed by atoms with Gasteiger partial charge in [-0.15, -0.1) is 0 Å². The summed E-state index contributed by atoms with van der Waals surface area (Å²) >= 11 is 1.76. The number of hydrogen-bond donors (Lipinski definition) is 1. The van der Waals surface area contributed by atoms with Gasteiger partial charge < -0.3 is 9.84 Å². The highest BCUT2D eigenvalue weighted by molar-refractivity contribution is 7.99. The molecule has 2 fully saturated rings. The Bertz CT molecular complexity index is 267. The van der Waals surface area contributed by atoms with Gasteiger partial charge in [0, 0.05) is 5.75 Å². The summed E-state index contributed by atoms with van der Waals surface area (Å²) in [6.07, 6.45) is 4.37. The maximum atomic E-state index is 12.1. The van der Waals surface area contributed by atoms with Gasteiger partial charge in [0.2, 0.25) is 0 Å². The van der Waals surface area contributed by atoms with E-state index in [2.05, 4.69) is 0 Å². The summed E-state index contributed by atoms with van der Waals surface area (Å²) in [4.78, 5) is 12.1. The second kappa shape index (κ2) is 4.57. The molecule has 0 amide bonds. The molecule has 0 radical (unpaired) electrons. The van der Waals surface area contributed by atoms with Crippen LogP contribution < -0.4 is 0 Å². The minimum atomic E-state index is -0.819. The van der Waals surface area contributed by atoms with Crippen molar-refractivity contribution in [2.75, 3.05) is 18.1 Å². The van der Waals surface area contributed by atoms with Crippen LogP contribution in [0.25, 0.3) is 0 Å². The van der Waals surface area contributed by atoms with Crippen molar-refractivity contribution < 1.29 is 14.6 Å². The van der Waals surface area contributed by atoms with E-state index >= 15 is 0 Å². The lowest BCUT2D eigenvalue weighted by Crippen LogP contribution is -2.60. The number of aliphatic hydroxyl groups is 1. The van der Waals surface area contributed by atoms with Crippen molar-refractivity contribution in [2.45, 2.75) is 44.6 Å². The summed E-state index contributed by atoms with van der Waals surface area (Å²) in [7, 11) is 0. The molecule has 1 heterocycles. The molecule has 92 valence electrons. The van der Waals surface area contributed by atoms with Crippen LogP contribution in [0.2, 0.25) is 0 Å². The summed E-state index contributed by atoms with van der Waals surface area (Å²) in [5, 5.41) is 10.7. The summed E-state index contributed by atoms with van der Waals surface area (Å²) in [5.41, 5.74) is -1.41. The number of carbonyl (C=O) groups is 1. The Balaban J connectivity index is 2.16. The number of thioether (sulfide) groups is 1. The van der Waals surface area contributed by atoms with E-state index in [1.54, 1.807) is 11.8 Å². The van der Waals surface area contributed by atoms with E-state index in [-0.39, 0.29) is 5.97 Å². The van der Waals surface area contributed by atoms with Crippen molar-refractivity contribution in [2.24, 2.45) is 5.41 Å². The van der Waals surface area contributed by atoms with Crippen molar-refractivity contribution in [3.05, 3.63) is 0 Å². The minimum Gasteiger partial charge on any atom is -0.465 e. The molecule has 1 N–H and O–H groups in total. The van der Waals surface area contributed by atoms with Gasteiger partial charge in [0.1, 0.15) is 0 Å². The number of esters is 1. The van der Waals surface area contributed by atoms with Crippen molar-refractivity contribution in [1.29, 1.82) is 0 Å². The molecule has 0 bridgehead atoms. The number of hydrogen-bond acceptors (Lipinski definition) is 4. The third-order valence-electron chi connectivity index (χ3n) is 3.98. The van der Waals surface area contributed by atoms with Crippen LogP contribution in [-0.4, -0.2) is 34.8 Å². The van der Waals surface area contributed by atoms with Crippen LogP contribution >= 0.6 is 11.8 Å². The Labute approximate surface area is 101 Å². The first-order valence-corrected chi connectivity index (χ1v) is 7.27. The predicted octanol–water partition coefficient (Wildman–Crippen LogP) is 1.98. The molecule has 0 aromatic heterocycles. The third-order valence-corrected chi connectivity index (χ3v) is 5.24. The summed E-state index contributed by atoms with van der Waals surface area (Å²) in [6.45, 7) is 2.23. The first-order chi connectivity index (χ1) is 7.65. The van der Waals surface area contributed by atoms with E-state index in [0.29, 0.717) is 12.4 Å². The fraction of sp³-hybridized carbons (Fsp3) is 0.917. The molecule has 4 heteroatoms. The largest absolute Gasteiger partial charge is 0.465 e. The van der Waals surface area contributed by atoms with E-state index in [1.165, 1.54) is 0 Å². The Morgan fingerprint density at radius 3 is 2.56 bits per heavy atom. The van der Waals surface area contributed by atoms with Crippen molar-refractivity contribution in [1.82, 2.24) is 0 Å². The first kappa shape index (κ1) is 12.2. The van der Waals surface area contributed by atoms with Crippen LogP contribution in [0.5, 0.6) is 0 Å². The first-order valence-electron chi connectivity index (χ1n) is 6.12. The maximum Gasteiger partial charge on any atom is 0.315 e. The third kappa shape index (κ3) is 1.76. The zero-order valence-electron chi connectivity index (χ0n) is 9.83.